The van der Waals surface area contributed by atoms with Crippen LogP contribution >= 0.6 is 0 Å². The number of aromatic amines is 1. The van der Waals surface area contributed by atoms with Gasteiger partial charge in [0.05, 0.1) is 29.5 Å². The van der Waals surface area contributed by atoms with Gasteiger partial charge in [-0.3, -0.25) is 5.10 Å². The first-order valence-corrected chi connectivity index (χ1v) is 12.6. The highest BCUT2D eigenvalue weighted by Crippen LogP contribution is 2.60. The minimum absolute atomic E-state index is 0.223. The average molecular weight is 478 g/mol. The van der Waals surface area contributed by atoms with E-state index in [1.807, 2.05) is 31.3 Å². The first-order chi connectivity index (χ1) is 16.6. The van der Waals surface area contributed by atoms with E-state index in [4.69, 9.17) is 0 Å². The molecule has 35 heavy (non-hydrogen) atoms. The molecule has 1 aromatic heterocycles. The summed E-state index contributed by atoms with van der Waals surface area (Å²) in [6.07, 6.45) is 6.05. The van der Waals surface area contributed by atoms with Crippen LogP contribution in [0.4, 0.5) is 0 Å². The Morgan fingerprint density at radius 1 is 1.14 bits per heavy atom. The molecule has 186 valence electrons. The molecule has 4 aliphatic carbocycles. The third-order valence-corrected chi connectivity index (χ3v) is 9.37. The van der Waals surface area contributed by atoms with Crippen molar-refractivity contribution in [1.82, 2.24) is 15.1 Å². The molecule has 7 unspecified atom stereocenters. The van der Waals surface area contributed by atoms with Crippen molar-refractivity contribution in [2.24, 2.45) is 11.3 Å². The largest absolute Gasteiger partial charge is 0.388 e. The molecule has 1 fully saturated rings. The molecule has 0 saturated heterocycles. The van der Waals surface area contributed by atoms with Crippen molar-refractivity contribution < 1.29 is 20.4 Å². The number of aromatic nitrogens is 2. The summed E-state index contributed by atoms with van der Waals surface area (Å²) in [6, 6.07) is 6.03. The maximum absolute atomic E-state index is 11.7. The highest BCUT2D eigenvalue weighted by molar-refractivity contribution is 5.85. The van der Waals surface area contributed by atoms with Crippen LogP contribution in [0, 0.1) is 11.3 Å². The number of nitrogens with one attached hydrogen (secondary N) is 1. The Hall–Kier alpha value is -2.29. The molecule has 4 aliphatic rings. The predicted molar refractivity (Wildman–Crippen MR) is 134 cm³/mol. The van der Waals surface area contributed by atoms with Crippen molar-refractivity contribution in [3.8, 4) is 0 Å². The molecule has 1 aromatic carbocycles. The minimum atomic E-state index is -1.21. The number of rotatable bonds is 2. The molecule has 0 radical (unpaired) electrons. The molecule has 7 nitrogen and oxygen atoms in total. The van der Waals surface area contributed by atoms with Gasteiger partial charge >= 0.3 is 0 Å². The summed E-state index contributed by atoms with van der Waals surface area (Å²) in [4.78, 5) is 1.87. The normalized spacial score (nSPS) is 39.1. The van der Waals surface area contributed by atoms with Crippen LogP contribution in [0.25, 0.3) is 16.5 Å². The molecule has 1 saturated carbocycles. The number of nitrogens with zero attached hydrogens (tertiary/aromatic N) is 2. The van der Waals surface area contributed by atoms with Crippen LogP contribution in [0.3, 0.4) is 0 Å². The van der Waals surface area contributed by atoms with Gasteiger partial charge in [0.1, 0.15) is 6.10 Å². The molecule has 7 atom stereocenters. The Kier molecular flexibility index (Phi) is 5.19. The number of H-pyrrole nitrogens is 1. The fourth-order valence-electron chi connectivity index (χ4n) is 7.40. The van der Waals surface area contributed by atoms with Gasteiger partial charge < -0.3 is 25.3 Å². The van der Waals surface area contributed by atoms with Crippen LogP contribution in [0.5, 0.6) is 0 Å². The summed E-state index contributed by atoms with van der Waals surface area (Å²) < 4.78 is 0. The second kappa shape index (κ2) is 7.85. The zero-order valence-electron chi connectivity index (χ0n) is 20.6. The van der Waals surface area contributed by atoms with Crippen LogP contribution in [0.2, 0.25) is 0 Å². The smallest absolute Gasteiger partial charge is 0.105 e. The summed E-state index contributed by atoms with van der Waals surface area (Å²) in [5, 5.41) is 53.3. The number of likely N-dealkylation sites (N-methyl/N-ethyl adjacent to an activating group) is 1. The standard InChI is InChI=1S/C28H35N3O4/c1-27-13-24(32)18-11-21-25(33)26(34)23(31(2)3)12-28(21,35)9-8-17(18)20(27)7-6-19(27)15-4-5-16-14-29-30-22(16)10-15/h4-6,10-11,14,20,23-26,32-35H,7-9,12-13H2,1-3H3,(H,29,30). The lowest BCUT2D eigenvalue weighted by Crippen LogP contribution is -2.58. The fourth-order valence-corrected chi connectivity index (χ4v) is 7.40. The van der Waals surface area contributed by atoms with Crippen molar-refractivity contribution in [2.75, 3.05) is 14.1 Å². The van der Waals surface area contributed by atoms with Crippen LogP contribution < -0.4 is 0 Å². The highest BCUT2D eigenvalue weighted by Gasteiger charge is 2.53. The maximum Gasteiger partial charge on any atom is 0.105 e. The van der Waals surface area contributed by atoms with E-state index in [2.05, 4.69) is 41.4 Å². The van der Waals surface area contributed by atoms with Crippen molar-refractivity contribution in [3.05, 3.63) is 58.8 Å². The van der Waals surface area contributed by atoms with Crippen LogP contribution in [0.15, 0.2) is 53.3 Å². The van der Waals surface area contributed by atoms with Crippen LogP contribution in [0.1, 0.15) is 44.6 Å². The van der Waals surface area contributed by atoms with Gasteiger partial charge in [-0.2, -0.15) is 5.10 Å². The second-order valence-electron chi connectivity index (χ2n) is 11.5. The molecule has 5 N–H and O–H groups in total. The number of fused-ring (bicyclic) bond motifs is 4. The second-order valence-corrected chi connectivity index (χ2v) is 11.5. The number of hydrogen-bond acceptors (Lipinski definition) is 6. The molecular formula is C28H35N3O4. The zero-order chi connectivity index (χ0) is 24.7. The van der Waals surface area contributed by atoms with E-state index >= 15 is 0 Å². The third-order valence-electron chi connectivity index (χ3n) is 9.37. The van der Waals surface area contributed by atoms with E-state index in [9.17, 15) is 20.4 Å². The maximum atomic E-state index is 11.7. The van der Waals surface area contributed by atoms with E-state index in [-0.39, 0.29) is 17.4 Å². The van der Waals surface area contributed by atoms with Gasteiger partial charge in [0, 0.05) is 16.8 Å². The summed E-state index contributed by atoms with van der Waals surface area (Å²) >= 11 is 0. The van der Waals surface area contributed by atoms with Gasteiger partial charge in [0.25, 0.3) is 0 Å². The Morgan fingerprint density at radius 2 is 1.94 bits per heavy atom. The topological polar surface area (TPSA) is 113 Å². The number of hydrogen-bond donors (Lipinski definition) is 5. The first-order valence-electron chi connectivity index (χ1n) is 12.6. The van der Waals surface area contributed by atoms with Gasteiger partial charge in [-0.25, -0.2) is 0 Å². The van der Waals surface area contributed by atoms with Gasteiger partial charge in [0.2, 0.25) is 0 Å². The Labute approximate surface area is 205 Å². The van der Waals surface area contributed by atoms with Gasteiger partial charge in [-0.05, 0) is 80.5 Å². The van der Waals surface area contributed by atoms with E-state index in [1.54, 1.807) is 0 Å². The predicted octanol–water partition coefficient (Wildman–Crippen LogP) is 2.54. The lowest BCUT2D eigenvalue weighted by Gasteiger charge is -2.46. The van der Waals surface area contributed by atoms with E-state index in [0.717, 1.165) is 28.5 Å². The molecule has 1 heterocycles. The molecule has 7 heteroatoms. The summed E-state index contributed by atoms with van der Waals surface area (Å²) in [7, 11) is 3.72. The highest BCUT2D eigenvalue weighted by atomic mass is 16.3. The van der Waals surface area contributed by atoms with Gasteiger partial charge in [-0.1, -0.05) is 36.8 Å². The average Bonchev–Trinajstić information content (AvgIpc) is 3.37. The molecular weight excluding hydrogens is 442 g/mol. The van der Waals surface area contributed by atoms with Crippen LogP contribution in [-0.4, -0.2) is 79.6 Å². The Morgan fingerprint density at radius 3 is 2.71 bits per heavy atom. The molecule has 2 aromatic rings. The molecule has 0 spiro atoms. The third kappa shape index (κ3) is 3.33. The lowest BCUT2D eigenvalue weighted by molar-refractivity contribution is -0.0922. The monoisotopic (exact) mass is 477 g/mol. The molecule has 0 amide bonds. The van der Waals surface area contributed by atoms with Crippen molar-refractivity contribution in [3.63, 3.8) is 0 Å². The number of aliphatic hydroxyl groups is 4. The van der Waals surface area contributed by atoms with E-state index in [0.29, 0.717) is 31.3 Å². The molecule has 0 aliphatic heterocycles. The van der Waals surface area contributed by atoms with E-state index in [1.165, 1.54) is 11.1 Å². The molecule has 0 bridgehead atoms. The molecule has 6 rings (SSSR count). The van der Waals surface area contributed by atoms with Crippen molar-refractivity contribution in [1.29, 1.82) is 0 Å². The lowest BCUT2D eigenvalue weighted by atomic mass is 9.61. The van der Waals surface area contributed by atoms with Gasteiger partial charge in [0.15, 0.2) is 0 Å². The summed E-state index contributed by atoms with van der Waals surface area (Å²) in [5.41, 5.74) is 4.42. The fraction of sp³-hybridized carbons (Fsp3) is 0.536. The number of aliphatic hydroxyl groups excluding tert-OH is 3. The minimum Gasteiger partial charge on any atom is -0.388 e. The number of benzene rings is 1. The summed E-state index contributed by atoms with van der Waals surface area (Å²) in [5.74, 6) is 0.223. The van der Waals surface area contributed by atoms with Crippen molar-refractivity contribution in [2.45, 2.75) is 69.0 Å². The Balaban J connectivity index is 1.38. The zero-order valence-corrected chi connectivity index (χ0v) is 20.6. The SMILES string of the molecule is CN(C)C1CC2(O)CCC3=C(C=C2C(O)C1O)C(O)CC1(C)C(c2ccc4cn[nH]c4c2)=CCC31. The number of allylic oxidation sites excluding steroid dienone is 3. The first kappa shape index (κ1) is 23.1. The summed E-state index contributed by atoms with van der Waals surface area (Å²) in [6.45, 7) is 2.25. The Bertz CT molecular complexity index is 1280. The van der Waals surface area contributed by atoms with Gasteiger partial charge in [-0.15, -0.1) is 0 Å². The van der Waals surface area contributed by atoms with Crippen molar-refractivity contribution >= 4 is 16.5 Å². The van der Waals surface area contributed by atoms with E-state index < -0.39 is 23.9 Å². The van der Waals surface area contributed by atoms with Crippen LogP contribution in [-0.2, 0) is 0 Å². The quantitative estimate of drug-likeness (QED) is 0.454.